The number of nitrogens with zero attached hydrogens (tertiary/aromatic N) is 2. The summed E-state index contributed by atoms with van der Waals surface area (Å²) in [6, 6.07) is 0. The van der Waals surface area contributed by atoms with Gasteiger partial charge in [0.15, 0.2) is 0 Å². The van der Waals surface area contributed by atoms with Gasteiger partial charge in [-0.2, -0.15) is 0 Å². The number of aliphatic carboxylic acids is 1. The fourth-order valence-corrected chi connectivity index (χ4v) is 1.30. The number of carboxylic acids is 1. The molecule has 0 saturated heterocycles. The van der Waals surface area contributed by atoms with Crippen molar-refractivity contribution in [1.29, 1.82) is 0 Å². The van der Waals surface area contributed by atoms with E-state index in [1.54, 1.807) is 20.9 Å². The van der Waals surface area contributed by atoms with Gasteiger partial charge in [-0.3, -0.25) is 9.59 Å². The zero-order chi connectivity index (χ0) is 13.0. The van der Waals surface area contributed by atoms with E-state index in [2.05, 4.69) is 4.98 Å². The van der Waals surface area contributed by atoms with Gasteiger partial charge < -0.3 is 14.4 Å². The number of aryl methyl sites for hydroxylation is 2. The summed E-state index contributed by atoms with van der Waals surface area (Å²) < 4.78 is 5.21. The molecule has 0 aliphatic rings. The van der Waals surface area contributed by atoms with Crippen molar-refractivity contribution in [2.24, 2.45) is 0 Å². The first-order valence-corrected chi connectivity index (χ1v) is 5.33. The third-order valence-electron chi connectivity index (χ3n) is 2.44. The Hall–Kier alpha value is -1.85. The zero-order valence-electron chi connectivity index (χ0n) is 10.2. The smallest absolute Gasteiger partial charge is 0.309 e. The average molecular weight is 240 g/mol. The summed E-state index contributed by atoms with van der Waals surface area (Å²) in [7, 11) is 1.60. The minimum atomic E-state index is -0.867. The fourth-order valence-electron chi connectivity index (χ4n) is 1.30. The molecular formula is C11H16N2O4. The van der Waals surface area contributed by atoms with Crippen LogP contribution in [0.1, 0.15) is 35.0 Å². The van der Waals surface area contributed by atoms with Crippen LogP contribution in [0.25, 0.3) is 0 Å². The van der Waals surface area contributed by atoms with Crippen molar-refractivity contribution in [2.45, 2.75) is 26.7 Å². The minimum Gasteiger partial charge on any atom is -0.481 e. The summed E-state index contributed by atoms with van der Waals surface area (Å²) in [6.07, 6.45) is 0.456. The van der Waals surface area contributed by atoms with E-state index < -0.39 is 5.97 Å². The van der Waals surface area contributed by atoms with Crippen molar-refractivity contribution >= 4 is 11.9 Å². The lowest BCUT2D eigenvalue weighted by molar-refractivity contribution is -0.137. The SMILES string of the molecule is Cc1nc(C(=O)N(C)CCCC(=O)O)oc1C. The largest absolute Gasteiger partial charge is 0.481 e. The van der Waals surface area contributed by atoms with E-state index in [0.717, 1.165) is 0 Å². The van der Waals surface area contributed by atoms with Crippen molar-refractivity contribution in [2.75, 3.05) is 13.6 Å². The summed E-state index contributed by atoms with van der Waals surface area (Å²) in [4.78, 5) is 27.6. The molecule has 0 unspecified atom stereocenters. The van der Waals surface area contributed by atoms with Gasteiger partial charge in [-0.15, -0.1) is 0 Å². The average Bonchev–Trinajstić information content (AvgIpc) is 2.57. The highest BCUT2D eigenvalue weighted by Gasteiger charge is 2.18. The third kappa shape index (κ3) is 3.58. The molecule has 1 rings (SSSR count). The molecule has 0 spiro atoms. The summed E-state index contributed by atoms with van der Waals surface area (Å²) in [5.41, 5.74) is 0.687. The van der Waals surface area contributed by atoms with Gasteiger partial charge in [-0.1, -0.05) is 0 Å². The van der Waals surface area contributed by atoms with Crippen LogP contribution in [0, 0.1) is 13.8 Å². The summed E-state index contributed by atoms with van der Waals surface area (Å²) in [6.45, 7) is 3.87. The maximum Gasteiger partial charge on any atom is 0.309 e. The first kappa shape index (κ1) is 13.2. The second kappa shape index (κ2) is 5.47. The van der Waals surface area contributed by atoms with Crippen LogP contribution in [0.3, 0.4) is 0 Å². The zero-order valence-corrected chi connectivity index (χ0v) is 10.2. The van der Waals surface area contributed by atoms with Gasteiger partial charge in [0.2, 0.25) is 0 Å². The number of hydrogen-bond acceptors (Lipinski definition) is 4. The lowest BCUT2D eigenvalue weighted by atomic mass is 10.3. The van der Waals surface area contributed by atoms with E-state index in [1.807, 2.05) is 0 Å². The number of aromatic nitrogens is 1. The standard InChI is InChI=1S/C11H16N2O4/c1-7-8(2)17-10(12-7)11(16)13(3)6-4-5-9(14)15/h4-6H2,1-3H3,(H,14,15). The molecule has 1 aromatic rings. The highest BCUT2D eigenvalue weighted by Crippen LogP contribution is 2.10. The van der Waals surface area contributed by atoms with Crippen LogP contribution >= 0.6 is 0 Å². The monoisotopic (exact) mass is 240 g/mol. The molecule has 1 amide bonds. The molecule has 0 saturated carbocycles. The van der Waals surface area contributed by atoms with Crippen LogP contribution in [0.5, 0.6) is 0 Å². The lowest BCUT2D eigenvalue weighted by Crippen LogP contribution is -2.28. The second-order valence-corrected chi connectivity index (χ2v) is 3.88. The Kier molecular flexibility index (Phi) is 4.25. The van der Waals surface area contributed by atoms with Crippen LogP contribution in [0.15, 0.2) is 4.42 Å². The number of rotatable bonds is 5. The van der Waals surface area contributed by atoms with Gasteiger partial charge in [0, 0.05) is 20.0 Å². The minimum absolute atomic E-state index is 0.0429. The summed E-state index contributed by atoms with van der Waals surface area (Å²) in [5, 5.41) is 8.49. The molecule has 0 aliphatic heterocycles. The van der Waals surface area contributed by atoms with E-state index in [1.165, 1.54) is 4.90 Å². The number of carboxylic acid groups (broad SMARTS) is 1. The summed E-state index contributed by atoms with van der Waals surface area (Å²) >= 11 is 0. The number of carbonyl (C=O) groups excluding carboxylic acids is 1. The molecule has 0 fully saturated rings. The van der Waals surface area contributed by atoms with Gasteiger partial charge in [0.1, 0.15) is 5.76 Å². The van der Waals surface area contributed by atoms with E-state index >= 15 is 0 Å². The number of hydrogen-bond donors (Lipinski definition) is 1. The molecule has 6 heteroatoms. The molecule has 0 radical (unpaired) electrons. The maximum atomic E-state index is 11.8. The summed E-state index contributed by atoms with van der Waals surface area (Å²) in [5.74, 6) is -0.523. The van der Waals surface area contributed by atoms with E-state index in [4.69, 9.17) is 9.52 Å². The number of amides is 1. The Morgan fingerprint density at radius 1 is 1.41 bits per heavy atom. The molecular weight excluding hydrogens is 224 g/mol. The van der Waals surface area contributed by atoms with Crippen molar-refractivity contribution in [3.05, 3.63) is 17.3 Å². The molecule has 94 valence electrons. The predicted octanol–water partition coefficient (Wildman–Crippen LogP) is 1.23. The Bertz CT molecular complexity index is 406. The normalized spacial score (nSPS) is 10.3. The molecule has 1 aromatic heterocycles. The molecule has 1 heterocycles. The second-order valence-electron chi connectivity index (χ2n) is 3.88. The van der Waals surface area contributed by atoms with E-state index in [-0.39, 0.29) is 18.2 Å². The first-order valence-electron chi connectivity index (χ1n) is 5.33. The lowest BCUT2D eigenvalue weighted by Gasteiger charge is -2.13. The van der Waals surface area contributed by atoms with Crippen molar-refractivity contribution in [1.82, 2.24) is 9.88 Å². The van der Waals surface area contributed by atoms with Crippen LogP contribution in [0.4, 0.5) is 0 Å². The molecule has 0 atom stereocenters. The molecule has 17 heavy (non-hydrogen) atoms. The van der Waals surface area contributed by atoms with Gasteiger partial charge in [-0.25, -0.2) is 4.98 Å². The Morgan fingerprint density at radius 3 is 2.53 bits per heavy atom. The van der Waals surface area contributed by atoms with Crippen molar-refractivity contribution in [3.8, 4) is 0 Å². The number of oxazole rings is 1. The Balaban J connectivity index is 2.54. The molecule has 6 nitrogen and oxygen atoms in total. The highest BCUT2D eigenvalue weighted by atomic mass is 16.4. The van der Waals surface area contributed by atoms with Crippen LogP contribution in [0.2, 0.25) is 0 Å². The van der Waals surface area contributed by atoms with Gasteiger partial charge in [0.05, 0.1) is 5.69 Å². The van der Waals surface area contributed by atoms with Crippen molar-refractivity contribution in [3.63, 3.8) is 0 Å². The van der Waals surface area contributed by atoms with Crippen LogP contribution in [-0.2, 0) is 4.79 Å². The van der Waals surface area contributed by atoms with Crippen LogP contribution in [-0.4, -0.2) is 40.5 Å². The highest BCUT2D eigenvalue weighted by molar-refractivity contribution is 5.89. The first-order chi connectivity index (χ1) is 7.91. The fraction of sp³-hybridized carbons (Fsp3) is 0.545. The quantitative estimate of drug-likeness (QED) is 0.836. The third-order valence-corrected chi connectivity index (χ3v) is 2.44. The van der Waals surface area contributed by atoms with Gasteiger partial charge >= 0.3 is 11.9 Å². The Morgan fingerprint density at radius 2 is 2.06 bits per heavy atom. The predicted molar refractivity (Wildman–Crippen MR) is 59.8 cm³/mol. The van der Waals surface area contributed by atoms with Gasteiger partial charge in [-0.05, 0) is 20.3 Å². The van der Waals surface area contributed by atoms with Crippen molar-refractivity contribution < 1.29 is 19.1 Å². The topological polar surface area (TPSA) is 83.6 Å². The Labute approximate surface area is 99.2 Å². The van der Waals surface area contributed by atoms with E-state index in [0.29, 0.717) is 24.4 Å². The molecule has 0 bridgehead atoms. The molecule has 1 N–H and O–H groups in total. The maximum absolute atomic E-state index is 11.8. The number of carbonyl (C=O) groups is 2. The molecule has 0 aliphatic carbocycles. The van der Waals surface area contributed by atoms with Gasteiger partial charge in [0.25, 0.3) is 5.89 Å². The van der Waals surface area contributed by atoms with Crippen LogP contribution < -0.4 is 0 Å². The molecule has 0 aromatic carbocycles. The van der Waals surface area contributed by atoms with E-state index in [9.17, 15) is 9.59 Å².